The van der Waals surface area contributed by atoms with Crippen LogP contribution in [0.1, 0.15) is 53.0 Å². The minimum Gasteiger partial charge on any atom is -0.469 e. The maximum Gasteiger partial charge on any atom is 0.305 e. The van der Waals surface area contributed by atoms with Crippen LogP contribution in [0, 0.1) is 11.6 Å². The molecule has 0 saturated heterocycles. The van der Waals surface area contributed by atoms with Gasteiger partial charge in [0.2, 0.25) is 0 Å². The second-order valence-corrected chi connectivity index (χ2v) is 9.04. The molecule has 0 unspecified atom stereocenters. The first-order valence-corrected chi connectivity index (χ1v) is 13.1. The van der Waals surface area contributed by atoms with E-state index in [0.29, 0.717) is 12.8 Å². The molecule has 0 atom stereocenters. The van der Waals surface area contributed by atoms with E-state index in [0.717, 1.165) is 42.4 Å². The molecule has 4 rings (SSSR count). The SMILES string of the molecule is CC.COC(=O)CCc1cccc(Cc2nccc3c(CN(C)C)cccc23)c1.NC(=O)c1c(F)cccc1F. The zero-order valence-electron chi connectivity index (χ0n) is 23.7. The number of hydrogen-bond acceptors (Lipinski definition) is 5. The Kier molecular flexibility index (Phi) is 12.9. The number of aromatic nitrogens is 1. The van der Waals surface area contributed by atoms with Gasteiger partial charge < -0.3 is 15.4 Å². The number of amides is 1. The van der Waals surface area contributed by atoms with Crippen LogP contribution < -0.4 is 5.73 Å². The summed E-state index contributed by atoms with van der Waals surface area (Å²) in [5.41, 5.74) is 8.75. The Morgan fingerprint density at radius 2 is 1.52 bits per heavy atom. The molecule has 1 aromatic heterocycles. The third-order valence-corrected chi connectivity index (χ3v) is 5.88. The predicted molar refractivity (Wildman–Crippen MR) is 155 cm³/mol. The van der Waals surface area contributed by atoms with Gasteiger partial charge in [-0.05, 0) is 60.8 Å². The van der Waals surface area contributed by atoms with Crippen molar-refractivity contribution in [3.8, 4) is 0 Å². The number of carbonyl (C=O) groups excluding carboxylic acids is 2. The maximum absolute atomic E-state index is 12.6. The predicted octanol–water partition coefficient (Wildman–Crippen LogP) is 6.08. The van der Waals surface area contributed by atoms with Crippen LogP contribution in [0.25, 0.3) is 10.8 Å². The molecule has 6 nitrogen and oxygen atoms in total. The number of primary amides is 1. The van der Waals surface area contributed by atoms with Crippen LogP contribution >= 0.6 is 0 Å². The molecule has 0 radical (unpaired) electrons. The molecule has 0 aliphatic rings. The van der Waals surface area contributed by atoms with Crippen molar-refractivity contribution in [2.24, 2.45) is 5.73 Å². The van der Waals surface area contributed by atoms with E-state index in [1.807, 2.05) is 26.1 Å². The van der Waals surface area contributed by atoms with Gasteiger partial charge >= 0.3 is 5.97 Å². The second-order valence-electron chi connectivity index (χ2n) is 9.04. The van der Waals surface area contributed by atoms with Crippen molar-refractivity contribution >= 4 is 22.6 Å². The number of nitrogens with two attached hydrogens (primary N) is 1. The third-order valence-electron chi connectivity index (χ3n) is 5.88. The standard InChI is InChI=1S/C23H26N2O2.C7H5F2NO.C2H6/c1-25(2)16-19-8-5-9-21-20(19)12-13-24-22(21)15-18-7-4-6-17(14-18)10-11-23(26)27-3;8-4-2-1-3-5(9)6(4)7(10)11;1-2/h4-9,12-14H,10-11,15-16H2,1-3H3;1-3H,(H2,10,11);1-2H3. The maximum atomic E-state index is 12.6. The second kappa shape index (κ2) is 16.1. The van der Waals surface area contributed by atoms with Crippen molar-refractivity contribution in [1.82, 2.24) is 9.88 Å². The molecule has 1 amide bonds. The van der Waals surface area contributed by atoms with Gasteiger partial charge in [0.1, 0.15) is 17.2 Å². The smallest absolute Gasteiger partial charge is 0.305 e. The van der Waals surface area contributed by atoms with Gasteiger partial charge in [0.25, 0.3) is 5.91 Å². The number of pyridine rings is 1. The quantitative estimate of drug-likeness (QED) is 0.269. The zero-order chi connectivity index (χ0) is 29.7. The molecular weight excluding hydrogens is 512 g/mol. The first kappa shape index (κ1) is 32.0. The molecule has 0 aliphatic carbocycles. The van der Waals surface area contributed by atoms with E-state index in [2.05, 4.69) is 66.4 Å². The van der Waals surface area contributed by atoms with E-state index >= 15 is 0 Å². The average molecular weight is 550 g/mol. The summed E-state index contributed by atoms with van der Waals surface area (Å²) >= 11 is 0. The lowest BCUT2D eigenvalue weighted by molar-refractivity contribution is -0.140. The van der Waals surface area contributed by atoms with Gasteiger partial charge in [-0.1, -0.05) is 62.4 Å². The van der Waals surface area contributed by atoms with Crippen LogP contribution in [0.5, 0.6) is 0 Å². The Morgan fingerprint density at radius 3 is 2.12 bits per heavy atom. The minimum atomic E-state index is -1.10. The molecule has 2 N–H and O–H groups in total. The summed E-state index contributed by atoms with van der Waals surface area (Å²) in [6, 6.07) is 20.0. The summed E-state index contributed by atoms with van der Waals surface area (Å²) in [4.78, 5) is 28.6. The van der Waals surface area contributed by atoms with Crippen LogP contribution in [-0.2, 0) is 28.9 Å². The van der Waals surface area contributed by atoms with Crippen molar-refractivity contribution in [3.63, 3.8) is 0 Å². The number of benzene rings is 3. The summed E-state index contributed by atoms with van der Waals surface area (Å²) in [5, 5.41) is 2.47. The van der Waals surface area contributed by atoms with Crippen LogP contribution in [0.3, 0.4) is 0 Å². The number of rotatable bonds is 8. The Hall–Kier alpha value is -4.17. The Labute approximate surface area is 234 Å². The molecule has 0 aliphatic heterocycles. The van der Waals surface area contributed by atoms with Crippen LogP contribution in [0.15, 0.2) is 72.9 Å². The zero-order valence-corrected chi connectivity index (χ0v) is 23.7. The Balaban J connectivity index is 0.000000360. The molecule has 212 valence electrons. The fourth-order valence-electron chi connectivity index (χ4n) is 4.12. The van der Waals surface area contributed by atoms with Gasteiger partial charge in [0.15, 0.2) is 0 Å². The highest BCUT2D eigenvalue weighted by Crippen LogP contribution is 2.24. The monoisotopic (exact) mass is 549 g/mol. The topological polar surface area (TPSA) is 85.5 Å². The highest BCUT2D eigenvalue weighted by atomic mass is 19.1. The fraction of sp³-hybridized carbons (Fsp3) is 0.281. The molecule has 40 heavy (non-hydrogen) atoms. The summed E-state index contributed by atoms with van der Waals surface area (Å²) in [7, 11) is 5.59. The minimum absolute atomic E-state index is 0.176. The van der Waals surface area contributed by atoms with E-state index in [-0.39, 0.29) is 5.97 Å². The number of methoxy groups -OCH3 is 1. The molecule has 1 heterocycles. The number of esters is 1. The number of fused-ring (bicyclic) bond motifs is 1. The lowest BCUT2D eigenvalue weighted by Gasteiger charge is -2.14. The van der Waals surface area contributed by atoms with Crippen molar-refractivity contribution in [2.75, 3.05) is 21.2 Å². The molecule has 8 heteroatoms. The molecule has 4 aromatic rings. The Bertz CT molecular complexity index is 1400. The van der Waals surface area contributed by atoms with Gasteiger partial charge in [-0.15, -0.1) is 0 Å². The lowest BCUT2D eigenvalue weighted by Crippen LogP contribution is -2.15. The Morgan fingerprint density at radius 1 is 0.900 bits per heavy atom. The van der Waals surface area contributed by atoms with E-state index in [1.165, 1.54) is 29.0 Å². The number of ether oxygens (including phenoxy) is 1. The van der Waals surface area contributed by atoms with Crippen molar-refractivity contribution < 1.29 is 23.1 Å². The van der Waals surface area contributed by atoms with Gasteiger partial charge in [-0.25, -0.2) is 8.78 Å². The van der Waals surface area contributed by atoms with Gasteiger partial charge in [0, 0.05) is 31.0 Å². The van der Waals surface area contributed by atoms with E-state index in [1.54, 1.807) is 0 Å². The van der Waals surface area contributed by atoms with Crippen LogP contribution in [0.4, 0.5) is 8.78 Å². The molecule has 0 fully saturated rings. The number of carbonyl (C=O) groups is 2. The van der Waals surface area contributed by atoms with Crippen molar-refractivity contribution in [3.05, 3.63) is 113 Å². The summed E-state index contributed by atoms with van der Waals surface area (Å²) in [6.45, 7) is 4.91. The van der Waals surface area contributed by atoms with Crippen molar-refractivity contribution in [2.45, 2.75) is 39.7 Å². The highest BCUT2D eigenvalue weighted by molar-refractivity contribution is 5.93. The molecular formula is C32H37F2N3O3. The third kappa shape index (κ3) is 9.24. The highest BCUT2D eigenvalue weighted by Gasteiger charge is 2.13. The summed E-state index contributed by atoms with van der Waals surface area (Å²) in [5.74, 6) is -3.14. The number of hydrogen-bond donors (Lipinski definition) is 1. The van der Waals surface area contributed by atoms with Crippen LogP contribution in [-0.4, -0.2) is 43.0 Å². The number of aryl methyl sites for hydroxylation is 1. The summed E-state index contributed by atoms with van der Waals surface area (Å²) < 4.78 is 29.9. The lowest BCUT2D eigenvalue weighted by atomic mass is 9.98. The fourth-order valence-corrected chi connectivity index (χ4v) is 4.12. The molecule has 0 bridgehead atoms. The normalized spacial score (nSPS) is 10.3. The first-order valence-electron chi connectivity index (χ1n) is 13.1. The van der Waals surface area contributed by atoms with Crippen LogP contribution in [0.2, 0.25) is 0 Å². The molecule has 0 spiro atoms. The van der Waals surface area contributed by atoms with Gasteiger partial charge in [-0.3, -0.25) is 14.6 Å². The van der Waals surface area contributed by atoms with Gasteiger partial charge in [-0.2, -0.15) is 0 Å². The first-order chi connectivity index (χ1) is 19.2. The average Bonchev–Trinajstić information content (AvgIpc) is 2.93. The van der Waals surface area contributed by atoms with Crippen molar-refractivity contribution in [1.29, 1.82) is 0 Å². The largest absolute Gasteiger partial charge is 0.469 e. The van der Waals surface area contributed by atoms with Gasteiger partial charge in [0.05, 0.1) is 12.8 Å². The van der Waals surface area contributed by atoms with E-state index in [4.69, 9.17) is 10.5 Å². The van der Waals surface area contributed by atoms with E-state index < -0.39 is 23.1 Å². The number of halogens is 2. The number of nitrogens with zero attached hydrogens (tertiary/aromatic N) is 2. The summed E-state index contributed by atoms with van der Waals surface area (Å²) in [6.07, 6.45) is 3.77. The molecule has 3 aromatic carbocycles. The molecule has 0 saturated carbocycles. The van der Waals surface area contributed by atoms with E-state index in [9.17, 15) is 18.4 Å².